The van der Waals surface area contributed by atoms with Crippen LogP contribution in [-0.2, 0) is 27.7 Å². The first-order valence-electron chi connectivity index (χ1n) is 10.7. The quantitative estimate of drug-likeness (QED) is 0.731. The fourth-order valence-corrected chi connectivity index (χ4v) is 4.49. The summed E-state index contributed by atoms with van der Waals surface area (Å²) in [6.07, 6.45) is 7.15. The Hall–Kier alpha value is -2.19. The summed E-state index contributed by atoms with van der Waals surface area (Å²) >= 11 is 0. The number of ether oxygens (including phenoxy) is 1. The maximum absolute atomic E-state index is 10.5. The van der Waals surface area contributed by atoms with Crippen LogP contribution in [0.15, 0.2) is 34.2 Å². The molecule has 0 amide bonds. The van der Waals surface area contributed by atoms with Crippen LogP contribution in [0.5, 0.6) is 0 Å². The van der Waals surface area contributed by atoms with E-state index in [0.717, 1.165) is 30.8 Å². The summed E-state index contributed by atoms with van der Waals surface area (Å²) in [6.45, 7) is 7.57. The average Bonchev–Trinajstić information content (AvgIpc) is 3.36. The summed E-state index contributed by atoms with van der Waals surface area (Å²) in [5.41, 5.74) is 4.76. The Morgan fingerprint density at radius 3 is 2.40 bits per heavy atom. The minimum absolute atomic E-state index is 0.0666. The van der Waals surface area contributed by atoms with E-state index in [1.165, 1.54) is 54.8 Å². The minimum atomic E-state index is -4.02. The molecule has 0 radical (unpaired) electrons. The molecule has 1 aliphatic carbocycles. The number of fused-ring (bicyclic) bond motifs is 1. The van der Waals surface area contributed by atoms with E-state index in [9.17, 15) is 8.42 Å². The van der Waals surface area contributed by atoms with Crippen LogP contribution in [0.4, 0.5) is 0 Å². The van der Waals surface area contributed by atoms with E-state index in [4.69, 9.17) is 14.4 Å². The predicted octanol–water partition coefficient (Wildman–Crippen LogP) is 4.14. The molecule has 2 aromatic rings. The molecule has 164 valence electrons. The first-order chi connectivity index (χ1) is 14.3. The second-order valence-corrected chi connectivity index (χ2v) is 9.09. The Kier molecular flexibility index (Phi) is 7.31. The van der Waals surface area contributed by atoms with Gasteiger partial charge < -0.3 is 4.74 Å². The molecule has 4 rings (SSSR count). The zero-order chi connectivity index (χ0) is 21.7. The molecular weight excluding hydrogens is 402 g/mol. The molecular formula is C22H31N3O4S. The predicted molar refractivity (Wildman–Crippen MR) is 117 cm³/mol. The summed E-state index contributed by atoms with van der Waals surface area (Å²) in [5, 5.41) is 4.88. The van der Waals surface area contributed by atoms with Gasteiger partial charge in [0, 0.05) is 12.1 Å². The molecule has 0 unspecified atom stereocenters. The average molecular weight is 434 g/mol. The van der Waals surface area contributed by atoms with Gasteiger partial charge in [0.15, 0.2) is 0 Å². The molecule has 0 atom stereocenters. The van der Waals surface area contributed by atoms with Gasteiger partial charge >= 0.3 is 0 Å². The molecule has 1 saturated carbocycles. The zero-order valence-electron chi connectivity index (χ0n) is 18.0. The first kappa shape index (κ1) is 22.5. The Morgan fingerprint density at radius 2 is 1.83 bits per heavy atom. The van der Waals surface area contributed by atoms with Gasteiger partial charge in [0.25, 0.3) is 10.1 Å². The van der Waals surface area contributed by atoms with Crippen LogP contribution in [-0.4, -0.2) is 41.8 Å². The molecule has 1 aromatic carbocycles. The third-order valence-corrected chi connectivity index (χ3v) is 6.38. The van der Waals surface area contributed by atoms with Crippen molar-refractivity contribution in [2.24, 2.45) is 4.99 Å². The van der Waals surface area contributed by atoms with Gasteiger partial charge in [-0.05, 0) is 51.7 Å². The van der Waals surface area contributed by atoms with E-state index in [0.29, 0.717) is 12.6 Å². The molecule has 0 bridgehead atoms. The van der Waals surface area contributed by atoms with E-state index < -0.39 is 10.1 Å². The molecule has 1 fully saturated rings. The summed E-state index contributed by atoms with van der Waals surface area (Å²) in [6, 6.07) is 6.54. The molecule has 0 spiro atoms. The lowest BCUT2D eigenvalue weighted by atomic mass is 10.0. The molecule has 8 heteroatoms. The summed E-state index contributed by atoms with van der Waals surface area (Å²) in [4.78, 5) is 4.51. The van der Waals surface area contributed by atoms with Crippen molar-refractivity contribution in [3.63, 3.8) is 0 Å². The molecule has 30 heavy (non-hydrogen) atoms. The number of hydrogen-bond donors (Lipinski definition) is 1. The Morgan fingerprint density at radius 1 is 1.17 bits per heavy atom. The third-order valence-electron chi connectivity index (χ3n) is 5.52. The normalized spacial score (nSPS) is 16.5. The SMILES string of the molecule is CCOC1=NCCc2c(CC)nn(C3CCCC3)c21.Cc1ccc(S(=O)(=O)O)cc1. The van der Waals surface area contributed by atoms with E-state index in [1.807, 2.05) is 13.8 Å². The van der Waals surface area contributed by atoms with Crippen molar-refractivity contribution in [2.45, 2.75) is 70.2 Å². The second-order valence-electron chi connectivity index (χ2n) is 7.67. The zero-order valence-corrected chi connectivity index (χ0v) is 18.8. The monoisotopic (exact) mass is 433 g/mol. The largest absolute Gasteiger partial charge is 0.477 e. The van der Waals surface area contributed by atoms with Gasteiger partial charge in [-0.3, -0.25) is 9.23 Å². The third kappa shape index (κ3) is 5.10. The van der Waals surface area contributed by atoms with Crippen molar-refractivity contribution >= 4 is 16.0 Å². The van der Waals surface area contributed by atoms with Crippen molar-refractivity contribution in [2.75, 3.05) is 13.2 Å². The Labute approximate surface area is 178 Å². The van der Waals surface area contributed by atoms with Crippen LogP contribution >= 0.6 is 0 Å². The van der Waals surface area contributed by atoms with Gasteiger partial charge in [-0.2, -0.15) is 13.5 Å². The van der Waals surface area contributed by atoms with E-state index in [-0.39, 0.29) is 4.90 Å². The van der Waals surface area contributed by atoms with Crippen LogP contribution in [0.1, 0.15) is 68.1 Å². The highest BCUT2D eigenvalue weighted by Gasteiger charge is 2.29. The van der Waals surface area contributed by atoms with Gasteiger partial charge in [0.2, 0.25) is 5.90 Å². The van der Waals surface area contributed by atoms with Crippen molar-refractivity contribution in [1.82, 2.24) is 9.78 Å². The topological polar surface area (TPSA) is 93.8 Å². The number of benzene rings is 1. The fourth-order valence-electron chi connectivity index (χ4n) is 4.01. The molecule has 7 nitrogen and oxygen atoms in total. The van der Waals surface area contributed by atoms with Crippen LogP contribution in [0.25, 0.3) is 0 Å². The molecule has 2 aliphatic rings. The minimum Gasteiger partial charge on any atom is -0.477 e. The van der Waals surface area contributed by atoms with E-state index >= 15 is 0 Å². The smallest absolute Gasteiger partial charge is 0.294 e. The van der Waals surface area contributed by atoms with Gasteiger partial charge in [0.1, 0.15) is 5.69 Å². The van der Waals surface area contributed by atoms with Crippen molar-refractivity contribution in [3.05, 3.63) is 46.8 Å². The standard InChI is InChI=1S/C15H23N3O.C7H8O3S/c1-3-13-12-9-10-16-15(19-4-2)14(12)18(17-13)11-7-5-6-8-11;1-6-2-4-7(5-3-6)11(8,9)10/h11H,3-10H2,1-2H3;2-5H,1H3,(H,8,9,10). The van der Waals surface area contributed by atoms with Crippen molar-refractivity contribution in [3.8, 4) is 0 Å². The van der Waals surface area contributed by atoms with Gasteiger partial charge in [-0.15, -0.1) is 0 Å². The highest BCUT2D eigenvalue weighted by atomic mass is 32.2. The first-order valence-corrected chi connectivity index (χ1v) is 12.1. The number of hydrogen-bond acceptors (Lipinski definition) is 5. The lowest BCUT2D eigenvalue weighted by Gasteiger charge is -2.19. The summed E-state index contributed by atoms with van der Waals surface area (Å²) in [5.74, 6) is 0.822. The Bertz CT molecular complexity index is 988. The lowest BCUT2D eigenvalue weighted by Crippen LogP contribution is -2.22. The van der Waals surface area contributed by atoms with E-state index in [1.54, 1.807) is 12.1 Å². The maximum Gasteiger partial charge on any atom is 0.294 e. The van der Waals surface area contributed by atoms with Crippen LogP contribution in [0, 0.1) is 6.92 Å². The highest BCUT2D eigenvalue weighted by molar-refractivity contribution is 7.85. The number of rotatable bonds is 4. The lowest BCUT2D eigenvalue weighted by molar-refractivity contribution is 0.319. The molecule has 1 aliphatic heterocycles. The highest BCUT2D eigenvalue weighted by Crippen LogP contribution is 2.33. The number of nitrogens with zero attached hydrogens (tertiary/aromatic N) is 3. The van der Waals surface area contributed by atoms with Crippen LogP contribution < -0.4 is 0 Å². The second kappa shape index (κ2) is 9.75. The fraction of sp³-hybridized carbons (Fsp3) is 0.545. The van der Waals surface area contributed by atoms with Gasteiger partial charge in [-0.1, -0.05) is 37.5 Å². The number of aryl methyl sites for hydroxylation is 2. The summed E-state index contributed by atoms with van der Waals surface area (Å²) in [7, 11) is -4.02. The van der Waals surface area contributed by atoms with E-state index in [2.05, 4.69) is 16.6 Å². The molecule has 2 heterocycles. The summed E-state index contributed by atoms with van der Waals surface area (Å²) < 4.78 is 37.5. The van der Waals surface area contributed by atoms with Crippen molar-refractivity contribution < 1.29 is 17.7 Å². The van der Waals surface area contributed by atoms with Crippen LogP contribution in [0.3, 0.4) is 0 Å². The van der Waals surface area contributed by atoms with Crippen LogP contribution in [0.2, 0.25) is 0 Å². The van der Waals surface area contributed by atoms with Gasteiger partial charge in [0.05, 0.1) is 23.2 Å². The Balaban J connectivity index is 0.000000199. The van der Waals surface area contributed by atoms with Crippen molar-refractivity contribution in [1.29, 1.82) is 0 Å². The number of aromatic nitrogens is 2. The van der Waals surface area contributed by atoms with Gasteiger partial charge in [-0.25, -0.2) is 4.99 Å². The number of aliphatic imine (C=N–C) groups is 1. The molecule has 0 saturated heterocycles. The maximum atomic E-state index is 10.5. The molecule has 1 N–H and O–H groups in total. The molecule has 1 aromatic heterocycles.